The first-order valence-electron chi connectivity index (χ1n) is 5.21. The number of nitrogens with zero attached hydrogens (tertiary/aromatic N) is 1. The summed E-state index contributed by atoms with van der Waals surface area (Å²) < 4.78 is 1.01. The van der Waals surface area contributed by atoms with Gasteiger partial charge in [0, 0.05) is 29.8 Å². The van der Waals surface area contributed by atoms with Crippen LogP contribution in [0.15, 0.2) is 22.7 Å². The van der Waals surface area contributed by atoms with E-state index in [-0.39, 0.29) is 5.91 Å². The summed E-state index contributed by atoms with van der Waals surface area (Å²) in [5, 5.41) is 2.81. The van der Waals surface area contributed by atoms with Gasteiger partial charge in [-0.25, -0.2) is 0 Å². The molecule has 0 unspecified atom stereocenters. The molecule has 0 bridgehead atoms. The molecule has 1 saturated heterocycles. The van der Waals surface area contributed by atoms with E-state index in [1.165, 1.54) is 0 Å². The number of halogens is 1. The second kappa shape index (κ2) is 4.84. The van der Waals surface area contributed by atoms with E-state index in [0.29, 0.717) is 19.6 Å². The van der Waals surface area contributed by atoms with Crippen molar-refractivity contribution in [3.63, 3.8) is 0 Å². The molecule has 2 rings (SSSR count). The van der Waals surface area contributed by atoms with E-state index in [2.05, 4.69) is 26.1 Å². The molecule has 1 heterocycles. The van der Waals surface area contributed by atoms with Crippen LogP contribution in [0.1, 0.15) is 5.56 Å². The third-order valence-electron chi connectivity index (χ3n) is 2.64. The molecular weight excluding hydrogens is 270 g/mol. The molecule has 1 fully saturated rings. The van der Waals surface area contributed by atoms with Crippen molar-refractivity contribution in [2.75, 3.05) is 24.5 Å². The van der Waals surface area contributed by atoms with E-state index in [9.17, 15) is 4.79 Å². The van der Waals surface area contributed by atoms with Crippen LogP contribution in [0, 0.1) is 0 Å². The van der Waals surface area contributed by atoms with Gasteiger partial charge in [0.15, 0.2) is 0 Å². The first-order chi connectivity index (χ1) is 7.70. The Morgan fingerprint density at radius 1 is 1.50 bits per heavy atom. The average Bonchev–Trinajstić information content (AvgIpc) is 2.28. The van der Waals surface area contributed by atoms with Crippen molar-refractivity contribution in [3.8, 4) is 0 Å². The number of hydrogen-bond acceptors (Lipinski definition) is 3. The maximum Gasteiger partial charge on any atom is 0.239 e. The van der Waals surface area contributed by atoms with E-state index in [1.807, 2.05) is 18.2 Å². The lowest BCUT2D eigenvalue weighted by molar-refractivity contribution is -0.120. The molecular formula is C11H14BrN3O. The SMILES string of the molecule is NCc1cc(Br)ccc1N1CCNC(=O)C1. The van der Waals surface area contributed by atoms with Crippen LogP contribution in [0.25, 0.3) is 0 Å². The zero-order chi connectivity index (χ0) is 11.5. The van der Waals surface area contributed by atoms with Crippen molar-refractivity contribution >= 4 is 27.5 Å². The smallest absolute Gasteiger partial charge is 0.239 e. The summed E-state index contributed by atoms with van der Waals surface area (Å²) in [6.07, 6.45) is 0. The van der Waals surface area contributed by atoms with Gasteiger partial charge >= 0.3 is 0 Å². The second-order valence-corrected chi connectivity index (χ2v) is 4.66. The standard InChI is InChI=1S/C11H14BrN3O/c12-9-1-2-10(8(5-9)6-13)15-4-3-14-11(16)7-15/h1-2,5H,3-4,6-7,13H2,(H,14,16). The molecule has 86 valence electrons. The molecule has 1 aromatic carbocycles. The minimum atomic E-state index is 0.0668. The van der Waals surface area contributed by atoms with E-state index in [1.54, 1.807) is 0 Å². The van der Waals surface area contributed by atoms with E-state index in [4.69, 9.17) is 5.73 Å². The zero-order valence-corrected chi connectivity index (χ0v) is 10.5. The summed E-state index contributed by atoms with van der Waals surface area (Å²) in [4.78, 5) is 13.4. The Hall–Kier alpha value is -1.07. The van der Waals surface area contributed by atoms with Crippen molar-refractivity contribution in [3.05, 3.63) is 28.2 Å². The third kappa shape index (κ3) is 2.36. The number of rotatable bonds is 2. The van der Waals surface area contributed by atoms with Gasteiger partial charge in [0.2, 0.25) is 5.91 Å². The highest BCUT2D eigenvalue weighted by Gasteiger charge is 2.18. The number of piperazine rings is 1. The van der Waals surface area contributed by atoms with Crippen molar-refractivity contribution in [1.29, 1.82) is 0 Å². The monoisotopic (exact) mass is 283 g/mol. The fourth-order valence-electron chi connectivity index (χ4n) is 1.87. The summed E-state index contributed by atoms with van der Waals surface area (Å²) in [7, 11) is 0. The van der Waals surface area contributed by atoms with Crippen LogP contribution in [0.2, 0.25) is 0 Å². The Morgan fingerprint density at radius 2 is 2.31 bits per heavy atom. The highest BCUT2D eigenvalue weighted by atomic mass is 79.9. The minimum absolute atomic E-state index is 0.0668. The summed E-state index contributed by atoms with van der Waals surface area (Å²) in [6.45, 7) is 2.42. The van der Waals surface area contributed by atoms with Gasteiger partial charge in [-0.15, -0.1) is 0 Å². The van der Waals surface area contributed by atoms with Crippen LogP contribution in [0.5, 0.6) is 0 Å². The molecule has 0 spiro atoms. The molecule has 16 heavy (non-hydrogen) atoms. The zero-order valence-electron chi connectivity index (χ0n) is 8.87. The highest BCUT2D eigenvalue weighted by Crippen LogP contribution is 2.24. The molecule has 4 nitrogen and oxygen atoms in total. The first-order valence-corrected chi connectivity index (χ1v) is 6.00. The molecule has 0 saturated carbocycles. The molecule has 5 heteroatoms. The van der Waals surface area contributed by atoms with Gasteiger partial charge < -0.3 is 16.0 Å². The summed E-state index contributed by atoms with van der Waals surface area (Å²) >= 11 is 3.42. The van der Waals surface area contributed by atoms with Gasteiger partial charge in [-0.1, -0.05) is 15.9 Å². The lowest BCUT2D eigenvalue weighted by Crippen LogP contribution is -2.48. The maximum absolute atomic E-state index is 11.3. The average molecular weight is 284 g/mol. The van der Waals surface area contributed by atoms with Crippen LogP contribution in [0.3, 0.4) is 0 Å². The topological polar surface area (TPSA) is 58.4 Å². The van der Waals surface area contributed by atoms with Gasteiger partial charge in [-0.3, -0.25) is 4.79 Å². The lowest BCUT2D eigenvalue weighted by Gasteiger charge is -2.30. The number of carbonyl (C=O) groups is 1. The van der Waals surface area contributed by atoms with E-state index in [0.717, 1.165) is 22.3 Å². The summed E-state index contributed by atoms with van der Waals surface area (Å²) in [5.74, 6) is 0.0668. The van der Waals surface area contributed by atoms with E-state index >= 15 is 0 Å². The number of nitrogens with two attached hydrogens (primary N) is 1. The first kappa shape index (κ1) is 11.4. The van der Waals surface area contributed by atoms with Crippen LogP contribution in [0.4, 0.5) is 5.69 Å². The molecule has 3 N–H and O–H groups in total. The fraction of sp³-hybridized carbons (Fsp3) is 0.364. The Kier molecular flexibility index (Phi) is 3.46. The quantitative estimate of drug-likeness (QED) is 0.846. The predicted octanol–water partition coefficient (Wildman–Crippen LogP) is 0.844. The predicted molar refractivity (Wildman–Crippen MR) is 67.3 cm³/mol. The second-order valence-electron chi connectivity index (χ2n) is 3.75. The molecule has 1 aliphatic rings. The molecule has 1 aromatic rings. The van der Waals surface area contributed by atoms with Crippen molar-refractivity contribution in [2.45, 2.75) is 6.54 Å². The van der Waals surface area contributed by atoms with Crippen LogP contribution >= 0.6 is 15.9 Å². The van der Waals surface area contributed by atoms with Crippen LogP contribution in [-0.4, -0.2) is 25.5 Å². The van der Waals surface area contributed by atoms with Gasteiger partial charge in [0.25, 0.3) is 0 Å². The fourth-order valence-corrected chi connectivity index (χ4v) is 2.28. The van der Waals surface area contributed by atoms with Crippen molar-refractivity contribution in [2.24, 2.45) is 5.73 Å². The maximum atomic E-state index is 11.3. The van der Waals surface area contributed by atoms with Gasteiger partial charge in [-0.2, -0.15) is 0 Å². The molecule has 1 aliphatic heterocycles. The summed E-state index contributed by atoms with van der Waals surface area (Å²) in [6, 6.07) is 5.98. The molecule has 1 amide bonds. The minimum Gasteiger partial charge on any atom is -0.360 e. The molecule has 0 aromatic heterocycles. The third-order valence-corrected chi connectivity index (χ3v) is 3.13. The lowest BCUT2D eigenvalue weighted by atomic mass is 10.1. The Balaban J connectivity index is 2.28. The number of hydrogen-bond donors (Lipinski definition) is 2. The van der Waals surface area contributed by atoms with Crippen molar-refractivity contribution in [1.82, 2.24) is 5.32 Å². The number of carbonyl (C=O) groups excluding carboxylic acids is 1. The van der Waals surface area contributed by atoms with Crippen molar-refractivity contribution < 1.29 is 4.79 Å². The Labute approximate surface area is 103 Å². The number of nitrogens with one attached hydrogen (secondary N) is 1. The van der Waals surface area contributed by atoms with Gasteiger partial charge in [0.05, 0.1) is 6.54 Å². The Morgan fingerprint density at radius 3 is 3.00 bits per heavy atom. The largest absolute Gasteiger partial charge is 0.360 e. The Bertz CT molecular complexity index is 408. The van der Waals surface area contributed by atoms with E-state index < -0.39 is 0 Å². The molecule has 0 radical (unpaired) electrons. The number of benzene rings is 1. The van der Waals surface area contributed by atoms with Gasteiger partial charge in [0.1, 0.15) is 0 Å². The van der Waals surface area contributed by atoms with Crippen LogP contribution in [-0.2, 0) is 11.3 Å². The van der Waals surface area contributed by atoms with Crippen LogP contribution < -0.4 is 16.0 Å². The normalized spacial score (nSPS) is 16.1. The highest BCUT2D eigenvalue weighted by molar-refractivity contribution is 9.10. The van der Waals surface area contributed by atoms with Gasteiger partial charge in [-0.05, 0) is 23.8 Å². The number of amides is 1. The number of anilines is 1. The summed E-state index contributed by atoms with van der Waals surface area (Å²) in [5.41, 5.74) is 7.83. The molecule has 0 atom stereocenters. The molecule has 0 aliphatic carbocycles.